The molecule has 0 aliphatic carbocycles. The van der Waals surface area contributed by atoms with Gasteiger partial charge in [-0.3, -0.25) is 0 Å². The Morgan fingerprint density at radius 1 is 1.33 bits per heavy atom. The van der Waals surface area contributed by atoms with E-state index in [1.165, 1.54) is 38.6 Å². The van der Waals surface area contributed by atoms with E-state index in [9.17, 15) is 9.18 Å². The van der Waals surface area contributed by atoms with Crippen molar-refractivity contribution in [2.75, 3.05) is 20.0 Å². The fourth-order valence-corrected chi connectivity index (χ4v) is 2.15. The molecule has 5 nitrogen and oxygen atoms in total. The number of rotatable bonds is 3. The normalized spacial score (nSPS) is 10.3. The Kier molecular flexibility index (Phi) is 4.28. The molecule has 0 saturated heterocycles. The van der Waals surface area contributed by atoms with Crippen LogP contribution in [0, 0.1) is 5.82 Å². The van der Waals surface area contributed by atoms with Crippen molar-refractivity contribution >= 4 is 23.3 Å². The fraction of sp³-hybridized carbons (Fsp3) is 0.143. The summed E-state index contributed by atoms with van der Waals surface area (Å²) < 4.78 is 24.1. The van der Waals surface area contributed by atoms with Crippen LogP contribution < -0.4 is 10.5 Å². The maximum absolute atomic E-state index is 14.5. The molecule has 0 aliphatic rings. The van der Waals surface area contributed by atoms with Crippen molar-refractivity contribution in [1.82, 2.24) is 4.98 Å². The van der Waals surface area contributed by atoms with Gasteiger partial charge in [0.15, 0.2) is 17.3 Å². The van der Waals surface area contributed by atoms with Crippen LogP contribution in [0.5, 0.6) is 5.75 Å². The monoisotopic (exact) mass is 310 g/mol. The van der Waals surface area contributed by atoms with Crippen LogP contribution in [0.1, 0.15) is 10.5 Å². The lowest BCUT2D eigenvalue weighted by Crippen LogP contribution is -2.09. The van der Waals surface area contributed by atoms with Crippen LogP contribution in [-0.2, 0) is 4.74 Å². The van der Waals surface area contributed by atoms with Crippen molar-refractivity contribution in [3.63, 3.8) is 0 Å². The summed E-state index contributed by atoms with van der Waals surface area (Å²) in [6.45, 7) is 0. The molecule has 0 aliphatic heterocycles. The first-order valence-electron chi connectivity index (χ1n) is 5.86. The van der Waals surface area contributed by atoms with E-state index < -0.39 is 11.8 Å². The van der Waals surface area contributed by atoms with Gasteiger partial charge in [-0.2, -0.15) is 0 Å². The number of hydrogen-bond acceptors (Lipinski definition) is 5. The van der Waals surface area contributed by atoms with Gasteiger partial charge in [0.1, 0.15) is 0 Å². The van der Waals surface area contributed by atoms with E-state index in [0.29, 0.717) is 0 Å². The number of pyridine rings is 1. The number of nitrogen functional groups attached to an aromatic ring is 1. The Hall–Kier alpha value is -2.34. The number of benzene rings is 1. The summed E-state index contributed by atoms with van der Waals surface area (Å²) in [6.07, 6.45) is 1.34. The molecule has 1 aromatic carbocycles. The first kappa shape index (κ1) is 15.1. The molecule has 0 fully saturated rings. The molecule has 0 radical (unpaired) electrons. The fourth-order valence-electron chi connectivity index (χ4n) is 1.92. The minimum Gasteiger partial charge on any atom is -0.492 e. The van der Waals surface area contributed by atoms with Gasteiger partial charge in [-0.1, -0.05) is 11.6 Å². The zero-order chi connectivity index (χ0) is 15.6. The van der Waals surface area contributed by atoms with Gasteiger partial charge < -0.3 is 15.2 Å². The molecule has 110 valence electrons. The Morgan fingerprint density at radius 3 is 2.67 bits per heavy atom. The number of hydrogen-bond donors (Lipinski definition) is 1. The Labute approximate surface area is 125 Å². The highest BCUT2D eigenvalue weighted by molar-refractivity contribution is 6.32. The highest BCUT2D eigenvalue weighted by atomic mass is 35.5. The van der Waals surface area contributed by atoms with Crippen molar-refractivity contribution in [3.05, 3.63) is 40.9 Å². The number of methoxy groups -OCH3 is 2. The summed E-state index contributed by atoms with van der Waals surface area (Å²) in [5, 5.41) is 0.112. The third-order valence-electron chi connectivity index (χ3n) is 2.88. The molecule has 0 saturated carbocycles. The average Bonchev–Trinajstić information content (AvgIpc) is 2.47. The zero-order valence-corrected chi connectivity index (χ0v) is 12.1. The molecule has 0 amide bonds. The Morgan fingerprint density at radius 2 is 2.05 bits per heavy atom. The van der Waals surface area contributed by atoms with Gasteiger partial charge >= 0.3 is 5.97 Å². The molecule has 0 bridgehead atoms. The number of nitrogens with zero attached hydrogens (tertiary/aromatic N) is 1. The number of aromatic nitrogens is 1. The topological polar surface area (TPSA) is 74.4 Å². The van der Waals surface area contributed by atoms with E-state index in [4.69, 9.17) is 22.1 Å². The lowest BCUT2D eigenvalue weighted by molar-refractivity contribution is 0.0595. The van der Waals surface area contributed by atoms with Crippen molar-refractivity contribution in [3.8, 4) is 16.9 Å². The van der Waals surface area contributed by atoms with Gasteiger partial charge in [0.2, 0.25) is 0 Å². The first-order valence-corrected chi connectivity index (χ1v) is 6.24. The third-order valence-corrected chi connectivity index (χ3v) is 3.18. The summed E-state index contributed by atoms with van der Waals surface area (Å²) in [7, 11) is 2.50. The molecule has 0 unspecified atom stereocenters. The molecule has 7 heteroatoms. The third kappa shape index (κ3) is 2.62. The first-order chi connectivity index (χ1) is 10.0. The van der Waals surface area contributed by atoms with Gasteiger partial charge in [0.25, 0.3) is 0 Å². The van der Waals surface area contributed by atoms with Crippen molar-refractivity contribution in [2.24, 2.45) is 0 Å². The van der Waals surface area contributed by atoms with Crippen LogP contribution in [-0.4, -0.2) is 25.2 Å². The van der Waals surface area contributed by atoms with E-state index in [0.717, 1.165) is 0 Å². The second kappa shape index (κ2) is 5.97. The molecule has 0 spiro atoms. The number of nitrogens with two attached hydrogens (primary N) is 1. The molecular weight excluding hydrogens is 299 g/mol. The number of ether oxygens (including phenoxy) is 2. The SMILES string of the molecule is COC(=O)c1nccc(N)c1-c1ccc(Cl)c(OC)c1F. The summed E-state index contributed by atoms with van der Waals surface area (Å²) in [5.41, 5.74) is 6.16. The predicted molar refractivity (Wildman–Crippen MR) is 76.9 cm³/mol. The summed E-state index contributed by atoms with van der Waals surface area (Å²) in [6, 6.07) is 4.31. The molecule has 1 aromatic heterocycles. The molecular formula is C14H12ClFN2O3. The molecule has 2 N–H and O–H groups in total. The van der Waals surface area contributed by atoms with Crippen LogP contribution in [0.15, 0.2) is 24.4 Å². The quantitative estimate of drug-likeness (QED) is 0.882. The Bertz CT molecular complexity index is 707. The number of carbonyl (C=O) groups is 1. The van der Waals surface area contributed by atoms with Crippen LogP contribution >= 0.6 is 11.6 Å². The summed E-state index contributed by atoms with van der Waals surface area (Å²) >= 11 is 5.85. The minimum atomic E-state index is -0.727. The maximum Gasteiger partial charge on any atom is 0.357 e. The van der Waals surface area contributed by atoms with Crippen molar-refractivity contribution < 1.29 is 18.7 Å². The smallest absolute Gasteiger partial charge is 0.357 e. The van der Waals surface area contributed by atoms with E-state index in [-0.39, 0.29) is 33.3 Å². The molecule has 0 atom stereocenters. The molecule has 21 heavy (non-hydrogen) atoms. The van der Waals surface area contributed by atoms with Crippen LogP contribution in [0.25, 0.3) is 11.1 Å². The lowest BCUT2D eigenvalue weighted by atomic mass is 10.0. The van der Waals surface area contributed by atoms with Crippen LogP contribution in [0.3, 0.4) is 0 Å². The highest BCUT2D eigenvalue weighted by Crippen LogP contribution is 2.38. The van der Waals surface area contributed by atoms with E-state index in [1.807, 2.05) is 0 Å². The number of anilines is 1. The van der Waals surface area contributed by atoms with Crippen LogP contribution in [0.4, 0.5) is 10.1 Å². The van der Waals surface area contributed by atoms with E-state index in [1.54, 1.807) is 0 Å². The standard InChI is InChI=1S/C14H12ClFN2O3/c1-20-13-8(15)4-3-7(11(13)16)10-9(17)5-6-18-12(10)14(19)21-2/h3-6H,1-2H3,(H2,17,18). The van der Waals surface area contributed by atoms with E-state index in [2.05, 4.69) is 9.72 Å². The van der Waals surface area contributed by atoms with Gasteiger partial charge in [-0.25, -0.2) is 14.2 Å². The minimum absolute atomic E-state index is 0.0576. The Balaban J connectivity index is 2.76. The van der Waals surface area contributed by atoms with Crippen molar-refractivity contribution in [2.45, 2.75) is 0 Å². The summed E-state index contributed by atoms with van der Waals surface area (Å²) in [4.78, 5) is 15.7. The molecule has 2 rings (SSSR count). The second-order valence-corrected chi connectivity index (χ2v) is 4.46. The highest BCUT2D eigenvalue weighted by Gasteiger charge is 2.23. The maximum atomic E-state index is 14.5. The van der Waals surface area contributed by atoms with Gasteiger partial charge in [0, 0.05) is 23.0 Å². The van der Waals surface area contributed by atoms with Gasteiger partial charge in [-0.05, 0) is 18.2 Å². The lowest BCUT2D eigenvalue weighted by Gasteiger charge is -2.13. The number of halogens is 2. The average molecular weight is 311 g/mol. The molecule has 1 heterocycles. The van der Waals surface area contributed by atoms with Gasteiger partial charge in [0.05, 0.1) is 19.2 Å². The number of esters is 1. The van der Waals surface area contributed by atoms with E-state index >= 15 is 0 Å². The van der Waals surface area contributed by atoms with Gasteiger partial charge in [-0.15, -0.1) is 0 Å². The predicted octanol–water partition coefficient (Wildman–Crippen LogP) is 2.92. The second-order valence-electron chi connectivity index (χ2n) is 4.06. The summed E-state index contributed by atoms with van der Waals surface area (Å²) in [5.74, 6) is -1.58. The molecule has 2 aromatic rings. The zero-order valence-electron chi connectivity index (χ0n) is 11.3. The van der Waals surface area contributed by atoms with Crippen LogP contribution in [0.2, 0.25) is 5.02 Å². The number of carbonyl (C=O) groups excluding carboxylic acids is 1. The largest absolute Gasteiger partial charge is 0.492 e. The van der Waals surface area contributed by atoms with Crippen molar-refractivity contribution in [1.29, 1.82) is 0 Å².